The summed E-state index contributed by atoms with van der Waals surface area (Å²) in [6.45, 7) is 1.59. The van der Waals surface area contributed by atoms with Crippen molar-refractivity contribution in [1.29, 1.82) is 0 Å². The third kappa shape index (κ3) is 3.44. The zero-order chi connectivity index (χ0) is 18.1. The highest BCUT2D eigenvalue weighted by atomic mass is 32.2. The van der Waals surface area contributed by atoms with Gasteiger partial charge in [-0.15, -0.1) is 0 Å². The van der Waals surface area contributed by atoms with Gasteiger partial charge in [0.15, 0.2) is 0 Å². The number of hydrogen-bond donors (Lipinski definition) is 1. The van der Waals surface area contributed by atoms with Gasteiger partial charge in [-0.1, -0.05) is 12.1 Å². The third-order valence-electron chi connectivity index (χ3n) is 3.41. The van der Waals surface area contributed by atoms with Gasteiger partial charge in [0.1, 0.15) is 17.3 Å². The molecule has 0 spiro atoms. The van der Waals surface area contributed by atoms with Crippen molar-refractivity contribution in [2.24, 2.45) is 0 Å². The Morgan fingerprint density at radius 1 is 1.08 bits per heavy atom. The van der Waals surface area contributed by atoms with Gasteiger partial charge in [-0.05, 0) is 36.8 Å². The Balaban J connectivity index is 2.42. The van der Waals surface area contributed by atoms with Crippen molar-refractivity contribution in [3.05, 3.63) is 59.2 Å². The summed E-state index contributed by atoms with van der Waals surface area (Å²) in [4.78, 5) is 12.2. The number of halogens is 2. The van der Waals surface area contributed by atoms with E-state index >= 15 is 0 Å². The molecular weight excluding hydrogens is 338 g/mol. The van der Waals surface area contributed by atoms with Crippen molar-refractivity contribution >= 4 is 21.6 Å². The summed E-state index contributed by atoms with van der Waals surface area (Å²) in [5.74, 6) is -2.65. The topological polar surface area (TPSA) is 66.5 Å². The van der Waals surface area contributed by atoms with Crippen LogP contribution >= 0.6 is 0 Å². The molecule has 0 aliphatic heterocycles. The average Bonchev–Trinajstić information content (AvgIpc) is 2.51. The number of benzene rings is 2. The van der Waals surface area contributed by atoms with Crippen molar-refractivity contribution in [3.63, 3.8) is 0 Å². The Labute approximate surface area is 139 Å². The minimum Gasteiger partial charge on any atom is -0.317 e. The minimum absolute atomic E-state index is 0.0244. The molecule has 0 aliphatic rings. The molecule has 24 heavy (non-hydrogen) atoms. The van der Waals surface area contributed by atoms with Gasteiger partial charge >= 0.3 is 0 Å². The summed E-state index contributed by atoms with van der Waals surface area (Å²) in [6.07, 6.45) is 0. The normalized spacial score (nSPS) is 11.6. The number of anilines is 1. The number of sulfonamides is 1. The van der Waals surface area contributed by atoms with Crippen LogP contribution in [0.15, 0.2) is 41.3 Å². The standard InChI is InChI=1S/C16H16F2N2O3S/c1-10-7-8-11(9-14(10)24(22,23)20(2)3)16(21)19-15-12(17)5-4-6-13(15)18/h4-9H,1-3H3,(H,19,21). The molecule has 2 aromatic carbocycles. The summed E-state index contributed by atoms with van der Waals surface area (Å²) >= 11 is 0. The fourth-order valence-electron chi connectivity index (χ4n) is 2.02. The van der Waals surface area contributed by atoms with Gasteiger partial charge in [-0.2, -0.15) is 0 Å². The number of hydrogen-bond acceptors (Lipinski definition) is 3. The summed E-state index contributed by atoms with van der Waals surface area (Å²) in [7, 11) is -1.01. The van der Waals surface area contributed by atoms with Crippen LogP contribution in [0, 0.1) is 18.6 Å². The second-order valence-corrected chi connectivity index (χ2v) is 7.44. The van der Waals surface area contributed by atoms with Gasteiger partial charge in [0.05, 0.1) is 4.90 Å². The molecule has 0 aliphatic carbocycles. The Hall–Kier alpha value is -2.32. The fraction of sp³-hybridized carbons (Fsp3) is 0.188. The smallest absolute Gasteiger partial charge is 0.255 e. The number of nitrogens with zero attached hydrogens (tertiary/aromatic N) is 1. The largest absolute Gasteiger partial charge is 0.317 e. The predicted octanol–water partition coefficient (Wildman–Crippen LogP) is 2.78. The Morgan fingerprint density at radius 2 is 1.67 bits per heavy atom. The van der Waals surface area contributed by atoms with Gasteiger partial charge in [-0.25, -0.2) is 21.5 Å². The summed E-state index contributed by atoms with van der Waals surface area (Å²) < 4.78 is 52.8. The molecule has 0 aromatic heterocycles. The summed E-state index contributed by atoms with van der Waals surface area (Å²) in [6, 6.07) is 7.22. The van der Waals surface area contributed by atoms with Gasteiger partial charge < -0.3 is 5.32 Å². The molecule has 0 fully saturated rings. The van der Waals surface area contributed by atoms with Crippen molar-refractivity contribution < 1.29 is 22.0 Å². The highest BCUT2D eigenvalue weighted by Gasteiger charge is 2.22. The lowest BCUT2D eigenvalue weighted by Gasteiger charge is -2.15. The third-order valence-corrected chi connectivity index (χ3v) is 5.37. The molecule has 2 aromatic rings. The zero-order valence-corrected chi connectivity index (χ0v) is 14.1. The molecule has 5 nitrogen and oxygen atoms in total. The molecule has 0 atom stereocenters. The maximum atomic E-state index is 13.6. The van der Waals surface area contributed by atoms with Crippen LogP contribution in [0.2, 0.25) is 0 Å². The fourth-order valence-corrected chi connectivity index (χ4v) is 3.16. The Bertz CT molecular complexity index is 876. The number of para-hydroxylation sites is 1. The molecule has 0 bridgehead atoms. The lowest BCUT2D eigenvalue weighted by atomic mass is 10.1. The minimum atomic E-state index is -3.75. The zero-order valence-electron chi connectivity index (χ0n) is 13.3. The quantitative estimate of drug-likeness (QED) is 0.918. The molecule has 0 unspecified atom stereocenters. The molecule has 0 saturated carbocycles. The van der Waals surface area contributed by atoms with Crippen LogP contribution in [0.4, 0.5) is 14.5 Å². The van der Waals surface area contributed by atoms with E-state index < -0.39 is 33.3 Å². The van der Waals surface area contributed by atoms with E-state index in [4.69, 9.17) is 0 Å². The van der Waals surface area contributed by atoms with Gasteiger partial charge in [0.25, 0.3) is 5.91 Å². The molecule has 128 valence electrons. The molecule has 0 heterocycles. The van der Waals surface area contributed by atoms with Crippen LogP contribution in [0.1, 0.15) is 15.9 Å². The van der Waals surface area contributed by atoms with Crippen LogP contribution < -0.4 is 5.32 Å². The van der Waals surface area contributed by atoms with Crippen LogP contribution in [0.3, 0.4) is 0 Å². The van der Waals surface area contributed by atoms with Crippen LogP contribution in [0.25, 0.3) is 0 Å². The average molecular weight is 354 g/mol. The SMILES string of the molecule is Cc1ccc(C(=O)Nc2c(F)cccc2F)cc1S(=O)(=O)N(C)C. The van der Waals surface area contributed by atoms with E-state index in [0.717, 1.165) is 16.4 Å². The van der Waals surface area contributed by atoms with Crippen molar-refractivity contribution in [2.45, 2.75) is 11.8 Å². The monoisotopic (exact) mass is 354 g/mol. The number of aryl methyl sites for hydroxylation is 1. The second kappa shape index (κ2) is 6.66. The maximum Gasteiger partial charge on any atom is 0.255 e. The molecule has 0 saturated heterocycles. The Kier molecular flexibility index (Phi) is 5.00. The number of nitrogens with one attached hydrogen (secondary N) is 1. The second-order valence-electron chi connectivity index (χ2n) is 5.32. The molecule has 1 amide bonds. The number of carbonyl (C=O) groups excluding carboxylic acids is 1. The molecular formula is C16H16F2N2O3S. The first-order chi connectivity index (χ1) is 11.1. The van der Waals surface area contributed by atoms with Gasteiger partial charge in [0, 0.05) is 19.7 Å². The first kappa shape index (κ1) is 18.0. The molecule has 1 N–H and O–H groups in total. The van der Waals surface area contributed by atoms with Gasteiger partial charge in [-0.3, -0.25) is 4.79 Å². The van der Waals surface area contributed by atoms with Crippen LogP contribution in [0.5, 0.6) is 0 Å². The predicted molar refractivity (Wildman–Crippen MR) is 86.4 cm³/mol. The highest BCUT2D eigenvalue weighted by Crippen LogP contribution is 2.22. The first-order valence-electron chi connectivity index (χ1n) is 6.93. The van der Waals surface area contributed by atoms with E-state index in [2.05, 4.69) is 5.32 Å². The van der Waals surface area contributed by atoms with E-state index in [9.17, 15) is 22.0 Å². The van der Waals surface area contributed by atoms with Crippen LogP contribution in [-0.2, 0) is 10.0 Å². The van der Waals surface area contributed by atoms with E-state index in [0.29, 0.717) is 5.56 Å². The number of rotatable bonds is 4. The van der Waals surface area contributed by atoms with Gasteiger partial charge in [0.2, 0.25) is 10.0 Å². The summed E-state index contributed by atoms with van der Waals surface area (Å²) in [5, 5.41) is 2.12. The summed E-state index contributed by atoms with van der Waals surface area (Å²) in [5.41, 5.74) is -0.152. The van der Waals surface area contributed by atoms with E-state index in [1.54, 1.807) is 6.92 Å². The number of amides is 1. The lowest BCUT2D eigenvalue weighted by molar-refractivity contribution is 0.102. The van der Waals surface area contributed by atoms with Crippen molar-refractivity contribution in [2.75, 3.05) is 19.4 Å². The van der Waals surface area contributed by atoms with Crippen LogP contribution in [-0.4, -0.2) is 32.7 Å². The Morgan fingerprint density at radius 3 is 2.21 bits per heavy atom. The highest BCUT2D eigenvalue weighted by molar-refractivity contribution is 7.89. The van der Waals surface area contributed by atoms with Crippen molar-refractivity contribution in [1.82, 2.24) is 4.31 Å². The maximum absolute atomic E-state index is 13.6. The molecule has 8 heteroatoms. The molecule has 2 rings (SSSR count). The lowest BCUT2D eigenvalue weighted by Crippen LogP contribution is -2.24. The van der Waals surface area contributed by atoms with Crippen molar-refractivity contribution in [3.8, 4) is 0 Å². The van der Waals surface area contributed by atoms with E-state index in [-0.39, 0.29) is 10.5 Å². The van der Waals surface area contributed by atoms with E-state index in [1.807, 2.05) is 0 Å². The first-order valence-corrected chi connectivity index (χ1v) is 8.37. The van der Waals surface area contributed by atoms with E-state index in [1.165, 1.54) is 38.4 Å². The molecule has 0 radical (unpaired) electrons. The number of carbonyl (C=O) groups is 1.